The molecular formula is C9H13N5O. The van der Waals surface area contributed by atoms with Crippen molar-refractivity contribution >= 4 is 0 Å². The summed E-state index contributed by atoms with van der Waals surface area (Å²) in [5, 5.41) is 15.9. The van der Waals surface area contributed by atoms with Crippen LogP contribution in [0.3, 0.4) is 0 Å². The summed E-state index contributed by atoms with van der Waals surface area (Å²) < 4.78 is 4.89. The third kappa shape index (κ3) is 2.32. The summed E-state index contributed by atoms with van der Waals surface area (Å²) in [6, 6.07) is 2.16. The fourth-order valence-electron chi connectivity index (χ4n) is 1.65. The smallest absolute Gasteiger partial charge is 0.223 e. The van der Waals surface area contributed by atoms with Crippen LogP contribution in [0.25, 0.3) is 0 Å². The molecule has 0 bridgehead atoms. The van der Waals surface area contributed by atoms with Crippen LogP contribution in [0, 0.1) is 18.3 Å². The molecule has 1 atom stereocenters. The fraction of sp³-hybridized carbons (Fsp3) is 0.667. The Morgan fingerprint density at radius 3 is 3.27 bits per heavy atom. The van der Waals surface area contributed by atoms with Crippen molar-refractivity contribution in [3.8, 4) is 6.07 Å². The zero-order valence-corrected chi connectivity index (χ0v) is 8.60. The summed E-state index contributed by atoms with van der Waals surface area (Å²) in [5.74, 6) is 1.21. The lowest BCUT2D eigenvalue weighted by atomic mass is 10.2. The van der Waals surface area contributed by atoms with E-state index in [4.69, 9.17) is 9.78 Å². The van der Waals surface area contributed by atoms with Crippen LogP contribution in [0.4, 0.5) is 0 Å². The molecule has 0 radical (unpaired) electrons. The van der Waals surface area contributed by atoms with E-state index in [-0.39, 0.29) is 6.04 Å². The number of hydrogen-bond acceptors (Lipinski definition) is 6. The molecule has 1 aromatic rings. The number of aryl methyl sites for hydroxylation is 1. The molecule has 1 aliphatic rings. The van der Waals surface area contributed by atoms with Gasteiger partial charge in [-0.2, -0.15) is 10.2 Å². The first-order chi connectivity index (χ1) is 7.29. The Bertz CT molecular complexity index is 369. The molecule has 2 heterocycles. The molecule has 1 aliphatic heterocycles. The third-order valence-electron chi connectivity index (χ3n) is 2.42. The lowest BCUT2D eigenvalue weighted by molar-refractivity contribution is 0.183. The molecule has 1 unspecified atom stereocenters. The Labute approximate surface area is 87.9 Å². The van der Waals surface area contributed by atoms with Gasteiger partial charge >= 0.3 is 0 Å². The number of nitrogens with zero attached hydrogens (tertiary/aromatic N) is 4. The van der Waals surface area contributed by atoms with Gasteiger partial charge in [-0.3, -0.25) is 4.90 Å². The normalized spacial score (nSPS) is 22.5. The zero-order valence-electron chi connectivity index (χ0n) is 8.60. The van der Waals surface area contributed by atoms with Gasteiger partial charge in [0.15, 0.2) is 5.82 Å². The number of aromatic nitrogens is 2. The van der Waals surface area contributed by atoms with Crippen LogP contribution in [0.15, 0.2) is 4.52 Å². The summed E-state index contributed by atoms with van der Waals surface area (Å²) in [4.78, 5) is 6.18. The number of nitriles is 1. The van der Waals surface area contributed by atoms with Crippen molar-refractivity contribution < 1.29 is 4.52 Å². The first-order valence-corrected chi connectivity index (χ1v) is 4.93. The van der Waals surface area contributed by atoms with E-state index in [0.29, 0.717) is 24.8 Å². The van der Waals surface area contributed by atoms with Crippen LogP contribution >= 0.6 is 0 Å². The summed E-state index contributed by atoms with van der Waals surface area (Å²) in [6.07, 6.45) is 0. The zero-order chi connectivity index (χ0) is 10.7. The van der Waals surface area contributed by atoms with E-state index in [2.05, 4.69) is 26.4 Å². The van der Waals surface area contributed by atoms with Crippen molar-refractivity contribution in [3.05, 3.63) is 11.7 Å². The summed E-state index contributed by atoms with van der Waals surface area (Å²) in [7, 11) is 0. The molecule has 6 heteroatoms. The van der Waals surface area contributed by atoms with Crippen LogP contribution in [0.1, 0.15) is 11.7 Å². The third-order valence-corrected chi connectivity index (χ3v) is 2.42. The predicted molar refractivity (Wildman–Crippen MR) is 51.7 cm³/mol. The highest BCUT2D eigenvalue weighted by Crippen LogP contribution is 2.07. The average Bonchev–Trinajstić information content (AvgIpc) is 2.65. The van der Waals surface area contributed by atoms with Gasteiger partial charge < -0.3 is 9.84 Å². The molecule has 0 amide bonds. The van der Waals surface area contributed by atoms with Gasteiger partial charge in [-0.05, 0) is 0 Å². The van der Waals surface area contributed by atoms with Gasteiger partial charge in [-0.15, -0.1) is 0 Å². The molecule has 80 valence electrons. The second-order valence-electron chi connectivity index (χ2n) is 3.55. The molecule has 0 spiro atoms. The van der Waals surface area contributed by atoms with Gasteiger partial charge in [0.05, 0.1) is 12.6 Å². The molecule has 6 nitrogen and oxygen atoms in total. The van der Waals surface area contributed by atoms with E-state index in [1.165, 1.54) is 0 Å². The average molecular weight is 207 g/mol. The fourth-order valence-corrected chi connectivity index (χ4v) is 1.65. The molecule has 2 rings (SSSR count). The van der Waals surface area contributed by atoms with Crippen molar-refractivity contribution in [2.75, 3.05) is 19.6 Å². The van der Waals surface area contributed by atoms with Gasteiger partial charge in [0, 0.05) is 26.6 Å². The van der Waals surface area contributed by atoms with Crippen LogP contribution in [0.2, 0.25) is 0 Å². The summed E-state index contributed by atoms with van der Waals surface area (Å²) in [6.45, 7) is 4.78. The van der Waals surface area contributed by atoms with Crippen molar-refractivity contribution in [3.63, 3.8) is 0 Å². The Balaban J connectivity index is 2.01. The van der Waals surface area contributed by atoms with Gasteiger partial charge in [-0.1, -0.05) is 5.16 Å². The van der Waals surface area contributed by atoms with Crippen LogP contribution in [-0.2, 0) is 6.54 Å². The number of piperazine rings is 1. The van der Waals surface area contributed by atoms with Crippen molar-refractivity contribution in [2.45, 2.75) is 19.5 Å². The van der Waals surface area contributed by atoms with E-state index in [9.17, 15) is 0 Å². The van der Waals surface area contributed by atoms with Crippen molar-refractivity contribution in [2.24, 2.45) is 0 Å². The highest BCUT2D eigenvalue weighted by molar-refractivity contribution is 4.98. The molecule has 0 aromatic carbocycles. The minimum Gasteiger partial charge on any atom is -0.340 e. The quantitative estimate of drug-likeness (QED) is 0.715. The molecule has 1 saturated heterocycles. The maximum Gasteiger partial charge on any atom is 0.223 e. The Morgan fingerprint density at radius 2 is 2.60 bits per heavy atom. The Kier molecular flexibility index (Phi) is 2.94. The highest BCUT2D eigenvalue weighted by Gasteiger charge is 2.23. The standard InChI is InChI=1S/C9H13N5O/c1-7-12-9(13-15-7)6-14-3-2-11-5-8(14)4-10/h8,11H,2-3,5-6H2,1H3. The Morgan fingerprint density at radius 1 is 1.73 bits per heavy atom. The largest absolute Gasteiger partial charge is 0.340 e. The van der Waals surface area contributed by atoms with Crippen molar-refractivity contribution in [1.29, 1.82) is 5.26 Å². The predicted octanol–water partition coefficient (Wildman–Crippen LogP) is -0.325. The molecule has 1 fully saturated rings. The van der Waals surface area contributed by atoms with Crippen LogP contribution in [-0.4, -0.2) is 40.7 Å². The van der Waals surface area contributed by atoms with E-state index in [1.54, 1.807) is 6.92 Å². The topological polar surface area (TPSA) is 78.0 Å². The van der Waals surface area contributed by atoms with Gasteiger partial charge in [-0.25, -0.2) is 0 Å². The molecule has 0 saturated carbocycles. The van der Waals surface area contributed by atoms with Gasteiger partial charge in [0.2, 0.25) is 5.89 Å². The molecule has 0 aliphatic carbocycles. The van der Waals surface area contributed by atoms with Crippen LogP contribution < -0.4 is 5.32 Å². The van der Waals surface area contributed by atoms with E-state index >= 15 is 0 Å². The second kappa shape index (κ2) is 4.38. The minimum atomic E-state index is -0.0995. The molecule has 1 aromatic heterocycles. The maximum atomic E-state index is 8.95. The van der Waals surface area contributed by atoms with Gasteiger partial charge in [0.25, 0.3) is 0 Å². The number of hydrogen-bond donors (Lipinski definition) is 1. The molecule has 1 N–H and O–H groups in total. The SMILES string of the molecule is Cc1nc(CN2CCNCC2C#N)no1. The minimum absolute atomic E-state index is 0.0995. The monoisotopic (exact) mass is 207 g/mol. The number of nitrogens with one attached hydrogen (secondary N) is 1. The summed E-state index contributed by atoms with van der Waals surface area (Å²) >= 11 is 0. The van der Waals surface area contributed by atoms with E-state index in [0.717, 1.165) is 13.1 Å². The molecule has 15 heavy (non-hydrogen) atoms. The van der Waals surface area contributed by atoms with E-state index < -0.39 is 0 Å². The first kappa shape index (κ1) is 10.1. The molecular weight excluding hydrogens is 194 g/mol. The lowest BCUT2D eigenvalue weighted by Crippen LogP contribution is -2.50. The van der Waals surface area contributed by atoms with Crippen molar-refractivity contribution in [1.82, 2.24) is 20.4 Å². The second-order valence-corrected chi connectivity index (χ2v) is 3.55. The Hall–Kier alpha value is -1.45. The van der Waals surface area contributed by atoms with E-state index in [1.807, 2.05) is 0 Å². The number of rotatable bonds is 2. The highest BCUT2D eigenvalue weighted by atomic mass is 16.5. The van der Waals surface area contributed by atoms with Crippen LogP contribution in [0.5, 0.6) is 0 Å². The maximum absolute atomic E-state index is 8.95. The summed E-state index contributed by atoms with van der Waals surface area (Å²) in [5.41, 5.74) is 0. The first-order valence-electron chi connectivity index (χ1n) is 4.93. The lowest BCUT2D eigenvalue weighted by Gasteiger charge is -2.30. The van der Waals surface area contributed by atoms with Gasteiger partial charge in [0.1, 0.15) is 6.04 Å².